The fourth-order valence-electron chi connectivity index (χ4n) is 1.19. The average molecular weight is 312 g/mol. The van der Waals surface area contributed by atoms with Crippen LogP contribution >= 0.6 is 15.9 Å². The summed E-state index contributed by atoms with van der Waals surface area (Å²) in [6.07, 6.45) is 1.20. The van der Waals surface area contributed by atoms with Crippen molar-refractivity contribution < 1.29 is 9.66 Å². The zero-order chi connectivity index (χ0) is 13.1. The van der Waals surface area contributed by atoms with E-state index in [4.69, 9.17) is 4.74 Å². The van der Waals surface area contributed by atoms with Crippen LogP contribution in [-0.4, -0.2) is 14.9 Å². The van der Waals surface area contributed by atoms with E-state index in [-0.39, 0.29) is 21.6 Å². The number of non-ortho nitro benzene ring substituents is 1. The zero-order valence-corrected chi connectivity index (χ0v) is 10.4. The van der Waals surface area contributed by atoms with Crippen molar-refractivity contribution in [3.63, 3.8) is 0 Å². The second-order valence-electron chi connectivity index (χ2n) is 3.20. The molecule has 7 nitrogen and oxygen atoms in total. The minimum atomic E-state index is -0.509. The lowest BCUT2D eigenvalue weighted by Gasteiger charge is -2.04. The summed E-state index contributed by atoms with van der Waals surface area (Å²) in [5.41, 5.74) is -0.415. The van der Waals surface area contributed by atoms with Gasteiger partial charge in [0.1, 0.15) is 10.2 Å². The van der Waals surface area contributed by atoms with Gasteiger partial charge in [-0.15, -0.1) is 0 Å². The van der Waals surface area contributed by atoms with Crippen molar-refractivity contribution in [1.82, 2.24) is 9.97 Å². The summed E-state index contributed by atoms with van der Waals surface area (Å²) in [4.78, 5) is 27.4. The van der Waals surface area contributed by atoms with E-state index in [0.29, 0.717) is 5.75 Å². The molecule has 18 heavy (non-hydrogen) atoms. The van der Waals surface area contributed by atoms with E-state index in [2.05, 4.69) is 25.9 Å². The summed E-state index contributed by atoms with van der Waals surface area (Å²) in [6.45, 7) is 0. The minimum Gasteiger partial charge on any atom is -0.438 e. The maximum atomic E-state index is 11.3. The first kappa shape index (κ1) is 12.2. The van der Waals surface area contributed by atoms with Crippen LogP contribution in [0.3, 0.4) is 0 Å². The Balaban J connectivity index is 2.26. The summed E-state index contributed by atoms with van der Waals surface area (Å²) in [7, 11) is 0. The van der Waals surface area contributed by atoms with Gasteiger partial charge in [0.05, 0.1) is 11.3 Å². The summed E-state index contributed by atoms with van der Waals surface area (Å²) < 4.78 is 5.48. The first-order valence-corrected chi connectivity index (χ1v) is 5.52. The monoisotopic (exact) mass is 311 g/mol. The standard InChI is InChI=1S/C10H6BrN3O4/c11-8-9(15)12-5-13-10(8)18-7-3-1-6(2-4-7)14(16)17/h1-5H,(H,12,13,15). The molecule has 92 valence electrons. The van der Waals surface area contributed by atoms with E-state index in [9.17, 15) is 14.9 Å². The van der Waals surface area contributed by atoms with Gasteiger partial charge in [-0.2, -0.15) is 0 Å². The molecule has 2 rings (SSSR count). The molecule has 0 aliphatic carbocycles. The molecule has 0 spiro atoms. The van der Waals surface area contributed by atoms with E-state index in [1.165, 1.54) is 30.6 Å². The predicted octanol–water partition coefficient (Wildman–Crippen LogP) is 2.23. The normalized spacial score (nSPS) is 10.1. The Morgan fingerprint density at radius 2 is 2.00 bits per heavy atom. The smallest absolute Gasteiger partial charge is 0.269 e. The number of nitrogens with zero attached hydrogens (tertiary/aromatic N) is 2. The molecular formula is C10H6BrN3O4. The highest BCUT2D eigenvalue weighted by Crippen LogP contribution is 2.25. The Bertz CT molecular complexity index is 638. The maximum absolute atomic E-state index is 11.3. The average Bonchev–Trinajstić information content (AvgIpc) is 2.36. The summed E-state index contributed by atoms with van der Waals surface area (Å²) >= 11 is 3.04. The molecule has 0 unspecified atom stereocenters. The third kappa shape index (κ3) is 2.54. The highest BCUT2D eigenvalue weighted by Gasteiger charge is 2.09. The second kappa shape index (κ2) is 4.96. The van der Waals surface area contributed by atoms with Crippen LogP contribution in [0.5, 0.6) is 11.6 Å². The Labute approximate surface area is 109 Å². The highest BCUT2D eigenvalue weighted by molar-refractivity contribution is 9.10. The van der Waals surface area contributed by atoms with Gasteiger partial charge in [-0.25, -0.2) is 4.98 Å². The van der Waals surface area contributed by atoms with Crippen LogP contribution in [0.2, 0.25) is 0 Å². The molecule has 8 heteroatoms. The summed E-state index contributed by atoms with van der Waals surface area (Å²) in [5, 5.41) is 10.5. The number of H-pyrrole nitrogens is 1. The largest absolute Gasteiger partial charge is 0.438 e. The lowest BCUT2D eigenvalue weighted by atomic mass is 10.3. The van der Waals surface area contributed by atoms with Crippen molar-refractivity contribution in [2.75, 3.05) is 0 Å². The van der Waals surface area contributed by atoms with Crippen LogP contribution in [0.4, 0.5) is 5.69 Å². The van der Waals surface area contributed by atoms with Crippen molar-refractivity contribution in [2.24, 2.45) is 0 Å². The molecule has 1 aromatic heterocycles. The number of aromatic nitrogens is 2. The molecule has 2 aromatic rings. The second-order valence-corrected chi connectivity index (χ2v) is 4.00. The molecule has 0 aliphatic rings. The van der Waals surface area contributed by atoms with E-state index < -0.39 is 4.92 Å². The third-order valence-corrected chi connectivity index (χ3v) is 2.73. The van der Waals surface area contributed by atoms with Gasteiger partial charge in [0.25, 0.3) is 11.2 Å². The Hall–Kier alpha value is -2.22. The van der Waals surface area contributed by atoms with E-state index >= 15 is 0 Å². The molecule has 0 bridgehead atoms. The molecule has 0 saturated carbocycles. The van der Waals surface area contributed by atoms with Gasteiger partial charge >= 0.3 is 0 Å². The minimum absolute atomic E-state index is 0.0414. The SMILES string of the molecule is O=c1[nH]cnc(Oc2ccc([N+](=O)[O-])cc2)c1Br. The fraction of sp³-hybridized carbons (Fsp3) is 0. The lowest BCUT2D eigenvalue weighted by Crippen LogP contribution is -2.08. The first-order chi connectivity index (χ1) is 8.58. The maximum Gasteiger partial charge on any atom is 0.269 e. The number of nitro groups is 1. The number of hydrogen-bond acceptors (Lipinski definition) is 5. The third-order valence-electron chi connectivity index (χ3n) is 2.03. The molecule has 1 heterocycles. The Morgan fingerprint density at radius 3 is 2.61 bits per heavy atom. The van der Waals surface area contributed by atoms with Gasteiger partial charge in [-0.3, -0.25) is 14.9 Å². The van der Waals surface area contributed by atoms with Crippen LogP contribution in [-0.2, 0) is 0 Å². The van der Waals surface area contributed by atoms with Crippen molar-refractivity contribution in [3.05, 3.63) is 55.5 Å². The van der Waals surface area contributed by atoms with Gasteiger partial charge in [-0.1, -0.05) is 0 Å². The Kier molecular flexibility index (Phi) is 3.38. The molecule has 0 saturated heterocycles. The van der Waals surface area contributed by atoms with Crippen LogP contribution < -0.4 is 10.3 Å². The fourth-order valence-corrected chi connectivity index (χ4v) is 1.48. The van der Waals surface area contributed by atoms with E-state index in [1.54, 1.807) is 0 Å². The number of rotatable bonds is 3. The number of ether oxygens (including phenoxy) is 1. The molecule has 0 amide bonds. The van der Waals surface area contributed by atoms with Crippen LogP contribution in [0.1, 0.15) is 0 Å². The van der Waals surface area contributed by atoms with Crippen molar-refractivity contribution in [3.8, 4) is 11.6 Å². The topological polar surface area (TPSA) is 98.1 Å². The summed E-state index contributed by atoms with van der Waals surface area (Å²) in [5.74, 6) is 0.437. The number of halogens is 1. The lowest BCUT2D eigenvalue weighted by molar-refractivity contribution is -0.384. The molecule has 0 radical (unpaired) electrons. The van der Waals surface area contributed by atoms with Gasteiger partial charge in [-0.05, 0) is 28.1 Å². The zero-order valence-electron chi connectivity index (χ0n) is 8.79. The van der Waals surface area contributed by atoms with Crippen LogP contribution in [0.25, 0.3) is 0 Å². The predicted molar refractivity (Wildman–Crippen MR) is 65.7 cm³/mol. The first-order valence-electron chi connectivity index (χ1n) is 4.73. The number of nitrogens with one attached hydrogen (secondary N) is 1. The van der Waals surface area contributed by atoms with E-state index in [0.717, 1.165) is 0 Å². The van der Waals surface area contributed by atoms with Crippen LogP contribution in [0, 0.1) is 10.1 Å². The Morgan fingerprint density at radius 1 is 1.33 bits per heavy atom. The highest BCUT2D eigenvalue weighted by atomic mass is 79.9. The quantitative estimate of drug-likeness (QED) is 0.692. The van der Waals surface area contributed by atoms with Crippen molar-refractivity contribution >= 4 is 21.6 Å². The number of benzene rings is 1. The molecule has 0 aliphatic heterocycles. The molecule has 0 atom stereocenters. The molecule has 1 N–H and O–H groups in total. The number of nitro benzene ring substituents is 1. The number of hydrogen-bond donors (Lipinski definition) is 1. The van der Waals surface area contributed by atoms with E-state index in [1.807, 2.05) is 0 Å². The number of aromatic amines is 1. The van der Waals surface area contributed by atoms with Crippen molar-refractivity contribution in [1.29, 1.82) is 0 Å². The van der Waals surface area contributed by atoms with Crippen LogP contribution in [0.15, 0.2) is 39.9 Å². The molecular weight excluding hydrogens is 306 g/mol. The molecule has 0 fully saturated rings. The van der Waals surface area contributed by atoms with Gasteiger partial charge in [0.2, 0.25) is 5.88 Å². The van der Waals surface area contributed by atoms with Gasteiger partial charge in [0.15, 0.2) is 0 Å². The van der Waals surface area contributed by atoms with Gasteiger partial charge < -0.3 is 9.72 Å². The molecule has 1 aromatic carbocycles. The van der Waals surface area contributed by atoms with Crippen molar-refractivity contribution in [2.45, 2.75) is 0 Å². The summed E-state index contributed by atoms with van der Waals surface area (Å²) in [6, 6.07) is 5.45. The van der Waals surface area contributed by atoms with Gasteiger partial charge in [0, 0.05) is 12.1 Å².